The first-order valence-electron chi connectivity index (χ1n) is 14.4. The van der Waals surface area contributed by atoms with Crippen LogP contribution >= 0.6 is 0 Å². The largest absolute Gasteiger partial charge is 0.468 e. The number of terminal acetylenes is 1. The van der Waals surface area contributed by atoms with Crippen molar-refractivity contribution in [1.29, 1.82) is 0 Å². The molecule has 0 unspecified atom stereocenters. The molecule has 3 aromatic carbocycles. The van der Waals surface area contributed by atoms with Gasteiger partial charge in [0.25, 0.3) is 0 Å². The van der Waals surface area contributed by atoms with Gasteiger partial charge in [-0.25, -0.2) is 0 Å². The van der Waals surface area contributed by atoms with Crippen molar-refractivity contribution >= 4 is 28.6 Å². The third-order valence-electron chi connectivity index (χ3n) is 8.32. The molecule has 2 aliphatic rings. The number of rotatable bonds is 10. The van der Waals surface area contributed by atoms with Crippen molar-refractivity contribution in [1.82, 2.24) is 10.2 Å². The molecular weight excluding hydrogens is 544 g/mol. The molecule has 0 saturated carbocycles. The van der Waals surface area contributed by atoms with Crippen molar-refractivity contribution in [3.8, 4) is 12.3 Å². The number of hydrogen-bond acceptors (Lipinski definition) is 6. The minimum Gasteiger partial charge on any atom is -0.468 e. The summed E-state index contributed by atoms with van der Waals surface area (Å²) in [7, 11) is 1.33. The molecule has 222 valence electrons. The Labute approximate surface area is 252 Å². The number of carbonyl (C=O) groups is 3. The molecule has 5 rings (SSSR count). The topological polar surface area (TPSA) is 94.2 Å². The predicted octanol–water partition coefficient (Wildman–Crippen LogP) is 4.38. The lowest BCUT2D eigenvalue weighted by molar-refractivity contribution is -0.178. The fourth-order valence-electron chi connectivity index (χ4n) is 6.23. The van der Waals surface area contributed by atoms with Gasteiger partial charge < -0.3 is 24.4 Å². The van der Waals surface area contributed by atoms with Crippen LogP contribution in [0.1, 0.15) is 30.9 Å². The van der Waals surface area contributed by atoms with Crippen molar-refractivity contribution in [2.24, 2.45) is 11.3 Å². The van der Waals surface area contributed by atoms with E-state index in [1.165, 1.54) is 7.11 Å². The Balaban J connectivity index is 1.54. The lowest BCUT2D eigenvalue weighted by Crippen LogP contribution is -2.60. The third-order valence-corrected chi connectivity index (χ3v) is 8.32. The van der Waals surface area contributed by atoms with Gasteiger partial charge in [-0.2, -0.15) is 0 Å². The van der Waals surface area contributed by atoms with Crippen LogP contribution in [-0.2, 0) is 41.7 Å². The van der Waals surface area contributed by atoms with Gasteiger partial charge in [0, 0.05) is 18.0 Å². The molecule has 8 heteroatoms. The minimum absolute atomic E-state index is 0.0525. The molecule has 0 aliphatic carbocycles. The number of nitrogens with one attached hydrogen (secondary N) is 1. The summed E-state index contributed by atoms with van der Waals surface area (Å²) in [5.41, 5.74) is 1.16. The van der Waals surface area contributed by atoms with E-state index in [0.29, 0.717) is 12.3 Å². The lowest BCUT2D eigenvalue weighted by atomic mass is 9.66. The van der Waals surface area contributed by atoms with Gasteiger partial charge >= 0.3 is 5.97 Å². The van der Waals surface area contributed by atoms with Gasteiger partial charge in [-0.3, -0.25) is 14.4 Å². The molecule has 2 heterocycles. The van der Waals surface area contributed by atoms with Crippen LogP contribution in [0.3, 0.4) is 0 Å². The Morgan fingerprint density at radius 1 is 1.09 bits per heavy atom. The van der Waals surface area contributed by atoms with Gasteiger partial charge in [0.2, 0.25) is 11.8 Å². The van der Waals surface area contributed by atoms with Crippen molar-refractivity contribution in [3.63, 3.8) is 0 Å². The second kappa shape index (κ2) is 13.2. The summed E-state index contributed by atoms with van der Waals surface area (Å²) < 4.78 is 17.7. The monoisotopic (exact) mass is 580 g/mol. The SMILES string of the molecule is C#CCNC(=O)C[C@H]1C[C@@]2(C(=O)OC)C(=C[C@H](COCc3ccccc3)O[C@@H]2C)N(Cc2cccc3ccccc23)C1=O. The highest BCUT2D eigenvalue weighted by Gasteiger charge is 2.59. The Bertz CT molecular complexity index is 1560. The smallest absolute Gasteiger partial charge is 0.320 e. The summed E-state index contributed by atoms with van der Waals surface area (Å²) in [6, 6.07) is 23.7. The van der Waals surface area contributed by atoms with Crippen LogP contribution in [0, 0.1) is 23.7 Å². The number of ether oxygens (including phenoxy) is 3. The van der Waals surface area contributed by atoms with Gasteiger partial charge in [0.1, 0.15) is 11.5 Å². The Hall–Kier alpha value is -4.45. The molecule has 0 spiro atoms. The zero-order chi connectivity index (χ0) is 30.4. The van der Waals surface area contributed by atoms with Crippen molar-refractivity contribution in [2.75, 3.05) is 20.3 Å². The zero-order valence-corrected chi connectivity index (χ0v) is 24.5. The fraction of sp³-hybridized carbons (Fsp3) is 0.343. The number of fused-ring (bicyclic) bond motifs is 2. The van der Waals surface area contributed by atoms with Gasteiger partial charge in [-0.05, 0) is 41.3 Å². The molecule has 8 nitrogen and oxygen atoms in total. The second-order valence-electron chi connectivity index (χ2n) is 11.0. The highest BCUT2D eigenvalue weighted by molar-refractivity contribution is 5.93. The summed E-state index contributed by atoms with van der Waals surface area (Å²) in [6.07, 6.45) is 5.92. The Morgan fingerprint density at radius 2 is 1.84 bits per heavy atom. The summed E-state index contributed by atoms with van der Waals surface area (Å²) in [6.45, 7) is 2.70. The zero-order valence-electron chi connectivity index (χ0n) is 24.5. The number of amides is 2. The van der Waals surface area contributed by atoms with E-state index >= 15 is 0 Å². The fourth-order valence-corrected chi connectivity index (χ4v) is 6.23. The van der Waals surface area contributed by atoms with E-state index in [1.54, 1.807) is 4.90 Å². The first-order chi connectivity index (χ1) is 20.9. The van der Waals surface area contributed by atoms with Gasteiger partial charge in [-0.15, -0.1) is 6.42 Å². The first-order valence-corrected chi connectivity index (χ1v) is 14.4. The van der Waals surface area contributed by atoms with E-state index < -0.39 is 29.5 Å². The summed E-state index contributed by atoms with van der Waals surface area (Å²) in [5, 5.41) is 4.68. The average Bonchev–Trinajstić information content (AvgIpc) is 3.02. The molecule has 2 amide bonds. The molecule has 3 aromatic rings. The maximum Gasteiger partial charge on any atom is 0.320 e. The molecule has 2 aliphatic heterocycles. The van der Waals surface area contributed by atoms with Crippen molar-refractivity contribution < 1.29 is 28.6 Å². The van der Waals surface area contributed by atoms with Crippen LogP contribution in [0.5, 0.6) is 0 Å². The van der Waals surface area contributed by atoms with Crippen LogP contribution < -0.4 is 5.32 Å². The van der Waals surface area contributed by atoms with Crippen LogP contribution in [0.2, 0.25) is 0 Å². The Kier molecular flexibility index (Phi) is 9.24. The molecular formula is C35H36N2O6. The molecule has 4 atom stereocenters. The molecule has 1 fully saturated rings. The molecule has 0 bridgehead atoms. The van der Waals surface area contributed by atoms with Crippen LogP contribution in [-0.4, -0.2) is 55.2 Å². The van der Waals surface area contributed by atoms with E-state index in [9.17, 15) is 14.4 Å². The predicted molar refractivity (Wildman–Crippen MR) is 162 cm³/mol. The number of hydrogen-bond donors (Lipinski definition) is 1. The molecule has 1 N–H and O–H groups in total. The molecule has 0 radical (unpaired) electrons. The quantitative estimate of drug-likeness (QED) is 0.283. The van der Waals surface area contributed by atoms with Crippen LogP contribution in [0.4, 0.5) is 0 Å². The number of methoxy groups -OCH3 is 1. The normalized spacial score (nSPS) is 23.2. The van der Waals surface area contributed by atoms with Gasteiger partial charge in [-0.1, -0.05) is 78.7 Å². The molecule has 1 saturated heterocycles. The minimum atomic E-state index is -1.31. The molecule has 0 aromatic heterocycles. The first kappa shape index (κ1) is 30.0. The number of nitrogens with zero attached hydrogens (tertiary/aromatic N) is 1. The van der Waals surface area contributed by atoms with Gasteiger partial charge in [0.15, 0.2) is 0 Å². The number of carbonyl (C=O) groups excluding carboxylic acids is 3. The maximum absolute atomic E-state index is 14.2. The van der Waals surface area contributed by atoms with E-state index in [1.807, 2.05) is 85.8 Å². The Morgan fingerprint density at radius 3 is 2.60 bits per heavy atom. The lowest BCUT2D eigenvalue weighted by Gasteiger charge is -2.51. The second-order valence-corrected chi connectivity index (χ2v) is 11.0. The standard InChI is InChI=1S/C35H36N2O6/c1-4-17-36-32(38)18-28-20-35(34(40)41-3)24(2)43-29(23-42-22-25-11-6-5-7-12-25)19-31(35)37(33(28)39)21-27-15-10-14-26-13-8-9-16-30(26)27/h1,5-16,19,24,28-29H,17-18,20-23H2,2-3H3,(H,36,38)/t24-,28+,29-,35+/m1/s1. The van der Waals surface area contributed by atoms with E-state index in [0.717, 1.165) is 21.9 Å². The third kappa shape index (κ3) is 6.19. The summed E-state index contributed by atoms with van der Waals surface area (Å²) >= 11 is 0. The van der Waals surface area contributed by atoms with E-state index in [2.05, 4.69) is 11.2 Å². The van der Waals surface area contributed by atoms with E-state index in [4.69, 9.17) is 20.6 Å². The molecule has 43 heavy (non-hydrogen) atoms. The average molecular weight is 581 g/mol. The highest BCUT2D eigenvalue weighted by atomic mass is 16.5. The number of likely N-dealkylation sites (tertiary alicyclic amines) is 1. The van der Waals surface area contributed by atoms with Crippen molar-refractivity contribution in [2.45, 2.75) is 45.1 Å². The van der Waals surface area contributed by atoms with Crippen LogP contribution in [0.15, 0.2) is 84.6 Å². The summed E-state index contributed by atoms with van der Waals surface area (Å²) in [4.78, 5) is 42.4. The van der Waals surface area contributed by atoms with Crippen LogP contribution in [0.25, 0.3) is 10.8 Å². The number of esters is 1. The van der Waals surface area contributed by atoms with Gasteiger partial charge in [0.05, 0.1) is 39.5 Å². The maximum atomic E-state index is 14.2. The van der Waals surface area contributed by atoms with Crippen molar-refractivity contribution in [3.05, 3.63) is 95.7 Å². The van der Waals surface area contributed by atoms with E-state index in [-0.39, 0.29) is 44.4 Å². The number of benzene rings is 3. The summed E-state index contributed by atoms with van der Waals surface area (Å²) in [5.74, 6) is 0.478. The number of piperidine rings is 1. The highest BCUT2D eigenvalue weighted by Crippen LogP contribution is 2.51.